The fraction of sp³-hybridized carbons (Fsp3) is 0.440. The Hall–Kier alpha value is -1.79. The molecular weight excluding hydrogens is 479 g/mol. The summed E-state index contributed by atoms with van der Waals surface area (Å²) in [6.07, 6.45) is 3.85. The first-order valence-corrected chi connectivity index (χ1v) is 12.6. The number of anilines is 1. The van der Waals surface area contributed by atoms with Gasteiger partial charge in [0.2, 0.25) is 0 Å². The van der Waals surface area contributed by atoms with E-state index in [1.807, 2.05) is 42.3 Å². The number of halogens is 3. The van der Waals surface area contributed by atoms with Gasteiger partial charge in [-0.25, -0.2) is 4.59 Å². The van der Waals surface area contributed by atoms with Gasteiger partial charge in [-0.15, -0.1) is 0 Å². The van der Waals surface area contributed by atoms with Crippen molar-refractivity contribution in [1.82, 2.24) is 5.43 Å². The van der Waals surface area contributed by atoms with Crippen LogP contribution in [0.4, 0.5) is 5.69 Å². The van der Waals surface area contributed by atoms with E-state index in [4.69, 9.17) is 39.9 Å². The number of quaternary nitrogens is 1. The van der Waals surface area contributed by atoms with E-state index < -0.39 is 0 Å². The summed E-state index contributed by atoms with van der Waals surface area (Å²) in [6.45, 7) is 4.02. The number of nitrogens with zero attached hydrogens (tertiary/aromatic N) is 3. The number of hydrogen-bond donors (Lipinski definition) is 1. The second kappa shape index (κ2) is 8.77. The lowest BCUT2D eigenvalue weighted by Crippen LogP contribution is -2.58. The van der Waals surface area contributed by atoms with E-state index in [9.17, 15) is 4.79 Å². The molecule has 1 saturated heterocycles. The molecule has 2 aliphatic heterocycles. The molecule has 1 aliphatic carbocycles. The predicted octanol–water partition coefficient (Wildman–Crippen LogP) is 6.11. The minimum absolute atomic E-state index is 0.114. The van der Waals surface area contributed by atoms with Crippen LogP contribution in [-0.4, -0.2) is 36.3 Å². The van der Waals surface area contributed by atoms with Crippen LogP contribution in [-0.2, 0) is 4.79 Å². The third-order valence-corrected chi connectivity index (χ3v) is 8.24. The second-order valence-corrected chi connectivity index (χ2v) is 11.1. The molecule has 0 aromatic heterocycles. The molecule has 2 aromatic rings. The number of benzene rings is 2. The fourth-order valence-corrected chi connectivity index (χ4v) is 6.56. The number of fused-ring (bicyclic) bond motifs is 1. The number of hydrazone groups is 1. The summed E-state index contributed by atoms with van der Waals surface area (Å²) in [6, 6.07) is 12.8. The summed E-state index contributed by atoms with van der Waals surface area (Å²) in [4.78, 5) is 13.5. The highest BCUT2D eigenvalue weighted by atomic mass is 35.5. The first kappa shape index (κ1) is 23.0. The van der Waals surface area contributed by atoms with Crippen molar-refractivity contribution in [3.05, 3.63) is 63.1 Å². The smallest absolute Gasteiger partial charge is 0.263 e. The molecule has 4 atom stereocenters. The molecule has 1 saturated carbocycles. The van der Waals surface area contributed by atoms with E-state index in [-0.39, 0.29) is 17.9 Å². The lowest BCUT2D eigenvalue weighted by molar-refractivity contribution is -0.934. The lowest BCUT2D eigenvalue weighted by atomic mass is 9.91. The van der Waals surface area contributed by atoms with Crippen molar-refractivity contribution in [2.24, 2.45) is 22.9 Å². The van der Waals surface area contributed by atoms with Crippen LogP contribution in [0, 0.1) is 17.8 Å². The molecule has 0 bridgehead atoms. The Balaban J connectivity index is 1.46. The van der Waals surface area contributed by atoms with Crippen molar-refractivity contribution in [2.45, 2.75) is 32.2 Å². The maximum absolute atomic E-state index is 13.5. The number of hydrogen-bond acceptors (Lipinski definition) is 3. The first-order chi connectivity index (χ1) is 15.7. The summed E-state index contributed by atoms with van der Waals surface area (Å²) < 4.78 is 0.577. The summed E-state index contributed by atoms with van der Waals surface area (Å²) in [5.41, 5.74) is 5.54. The van der Waals surface area contributed by atoms with Crippen molar-refractivity contribution in [3.8, 4) is 0 Å². The minimum Gasteiger partial charge on any atom is -0.263 e. The van der Waals surface area contributed by atoms with Crippen molar-refractivity contribution in [1.29, 1.82) is 0 Å². The number of amides is 1. The molecule has 2 heterocycles. The zero-order chi connectivity index (χ0) is 23.3. The average molecular weight is 507 g/mol. The van der Waals surface area contributed by atoms with Crippen LogP contribution in [0.1, 0.15) is 37.8 Å². The third-order valence-electron chi connectivity index (χ3n) is 7.45. The molecule has 2 fully saturated rings. The Morgan fingerprint density at radius 2 is 1.67 bits per heavy atom. The van der Waals surface area contributed by atoms with E-state index in [2.05, 4.69) is 12.5 Å². The SMILES string of the molecule is CC1C(C(=O)N[N+]2(C)C[C@@H]3CCC[C@H]3C2)=NN(c2ccc(Cl)cc2Cl)C1c1ccc(Cl)cc1. The zero-order valence-corrected chi connectivity index (χ0v) is 21.0. The van der Waals surface area contributed by atoms with Gasteiger partial charge in [0, 0.05) is 27.8 Å². The van der Waals surface area contributed by atoms with Gasteiger partial charge in [0.15, 0.2) is 0 Å². The molecule has 1 N–H and O–H groups in total. The number of carbonyl (C=O) groups is 1. The van der Waals surface area contributed by atoms with Gasteiger partial charge >= 0.3 is 5.91 Å². The molecule has 5 rings (SSSR count). The number of nitrogens with one attached hydrogen (secondary N) is 1. The molecule has 174 valence electrons. The summed E-state index contributed by atoms with van der Waals surface area (Å²) in [5, 5.41) is 8.38. The fourth-order valence-electron chi connectivity index (χ4n) is 5.94. The molecule has 8 heteroatoms. The Morgan fingerprint density at radius 3 is 2.30 bits per heavy atom. The van der Waals surface area contributed by atoms with Crippen molar-refractivity contribution < 1.29 is 9.39 Å². The van der Waals surface area contributed by atoms with Gasteiger partial charge < -0.3 is 0 Å². The zero-order valence-electron chi connectivity index (χ0n) is 18.8. The molecular formula is C25H28Cl3N4O+. The number of carbonyl (C=O) groups excluding carboxylic acids is 1. The average Bonchev–Trinajstić information content (AvgIpc) is 3.40. The van der Waals surface area contributed by atoms with Crippen LogP contribution in [0.25, 0.3) is 0 Å². The maximum atomic E-state index is 13.5. The van der Waals surface area contributed by atoms with E-state index in [0.29, 0.717) is 42.9 Å². The number of rotatable bonds is 4. The second-order valence-electron chi connectivity index (χ2n) is 9.86. The Kier molecular flexibility index (Phi) is 6.11. The topological polar surface area (TPSA) is 44.7 Å². The maximum Gasteiger partial charge on any atom is 0.312 e. The largest absolute Gasteiger partial charge is 0.312 e. The van der Waals surface area contributed by atoms with Crippen LogP contribution in [0.3, 0.4) is 0 Å². The van der Waals surface area contributed by atoms with Gasteiger partial charge in [-0.05, 0) is 48.7 Å². The molecule has 5 nitrogen and oxygen atoms in total. The molecule has 1 amide bonds. The van der Waals surface area contributed by atoms with Crippen LogP contribution >= 0.6 is 34.8 Å². The Morgan fingerprint density at radius 1 is 1.03 bits per heavy atom. The predicted molar refractivity (Wildman–Crippen MR) is 135 cm³/mol. The highest BCUT2D eigenvalue weighted by Gasteiger charge is 2.48. The molecule has 2 aromatic carbocycles. The molecule has 3 aliphatic rings. The highest BCUT2D eigenvalue weighted by molar-refractivity contribution is 6.40. The van der Waals surface area contributed by atoms with Crippen LogP contribution in [0.2, 0.25) is 15.1 Å². The van der Waals surface area contributed by atoms with Gasteiger partial charge in [-0.3, -0.25) is 9.80 Å². The van der Waals surface area contributed by atoms with Crippen LogP contribution < -0.4 is 10.4 Å². The van der Waals surface area contributed by atoms with Gasteiger partial charge in [0.25, 0.3) is 0 Å². The monoisotopic (exact) mass is 505 g/mol. The van der Waals surface area contributed by atoms with E-state index in [0.717, 1.165) is 18.7 Å². The summed E-state index contributed by atoms with van der Waals surface area (Å²) >= 11 is 18.8. The van der Waals surface area contributed by atoms with Crippen molar-refractivity contribution >= 4 is 52.1 Å². The van der Waals surface area contributed by atoms with Gasteiger partial charge in [0.05, 0.1) is 23.8 Å². The van der Waals surface area contributed by atoms with E-state index in [1.54, 1.807) is 12.1 Å². The Labute approximate surface area is 209 Å². The molecule has 0 spiro atoms. The third kappa shape index (κ3) is 4.37. The van der Waals surface area contributed by atoms with Crippen LogP contribution in [0.15, 0.2) is 47.6 Å². The number of likely N-dealkylation sites (tertiary alicyclic amines) is 1. The van der Waals surface area contributed by atoms with Gasteiger partial charge in [0.1, 0.15) is 18.8 Å². The molecule has 0 radical (unpaired) electrons. The normalized spacial score (nSPS) is 28.0. The highest BCUT2D eigenvalue weighted by Crippen LogP contribution is 2.43. The van der Waals surface area contributed by atoms with E-state index in [1.165, 1.54) is 19.3 Å². The first-order valence-electron chi connectivity index (χ1n) is 11.5. The standard InChI is InChI=1S/C25H27Cl3N4O/c1-15-23(25(33)30-32(2)13-17-4-3-5-18(17)14-32)29-31(22-11-10-20(27)12-21(22)28)24(15)16-6-8-19(26)9-7-16/h6-12,15,17-18,24H,3-5,13-14H2,1-2H3/p+1/t15?,17-,18-,24?/m0/s1. The van der Waals surface area contributed by atoms with E-state index >= 15 is 0 Å². The van der Waals surface area contributed by atoms with Crippen LogP contribution in [0.5, 0.6) is 0 Å². The summed E-state index contributed by atoms with van der Waals surface area (Å²) in [5.74, 6) is 1.16. The quantitative estimate of drug-likeness (QED) is 0.509. The van der Waals surface area contributed by atoms with Gasteiger partial charge in [-0.2, -0.15) is 10.5 Å². The van der Waals surface area contributed by atoms with Crippen molar-refractivity contribution in [2.75, 3.05) is 25.1 Å². The van der Waals surface area contributed by atoms with Gasteiger partial charge in [-0.1, -0.05) is 60.3 Å². The summed E-state index contributed by atoms with van der Waals surface area (Å²) in [7, 11) is 2.13. The minimum atomic E-state index is -0.190. The lowest BCUT2D eigenvalue weighted by Gasteiger charge is -2.30. The van der Waals surface area contributed by atoms with Crippen molar-refractivity contribution in [3.63, 3.8) is 0 Å². The molecule has 33 heavy (non-hydrogen) atoms. The molecule has 2 unspecified atom stereocenters. The Bertz CT molecular complexity index is 1090.